The lowest BCUT2D eigenvalue weighted by atomic mass is 10.1. The SMILES string of the molecule is COCCN(C)C(C)c1ccc(O)c(OC)c1. The van der Waals surface area contributed by atoms with Gasteiger partial charge in [0.1, 0.15) is 0 Å². The molecule has 0 aromatic heterocycles. The summed E-state index contributed by atoms with van der Waals surface area (Å²) in [5.74, 6) is 0.678. The Balaban J connectivity index is 2.77. The molecule has 1 atom stereocenters. The maximum absolute atomic E-state index is 9.54. The van der Waals surface area contributed by atoms with Crippen LogP contribution in [0.1, 0.15) is 18.5 Å². The molecule has 0 aliphatic rings. The van der Waals surface area contributed by atoms with Crippen molar-refractivity contribution in [2.24, 2.45) is 0 Å². The van der Waals surface area contributed by atoms with Crippen molar-refractivity contribution in [1.29, 1.82) is 0 Å². The monoisotopic (exact) mass is 239 g/mol. The van der Waals surface area contributed by atoms with Gasteiger partial charge in [-0.3, -0.25) is 4.90 Å². The van der Waals surface area contributed by atoms with Crippen LogP contribution in [0.2, 0.25) is 0 Å². The van der Waals surface area contributed by atoms with Crippen LogP contribution in [0, 0.1) is 0 Å². The number of ether oxygens (including phenoxy) is 2. The van der Waals surface area contributed by atoms with Gasteiger partial charge in [-0.25, -0.2) is 0 Å². The Labute approximate surface area is 103 Å². The summed E-state index contributed by atoms with van der Waals surface area (Å²) in [6.45, 7) is 3.68. The van der Waals surface area contributed by atoms with E-state index in [-0.39, 0.29) is 11.8 Å². The summed E-state index contributed by atoms with van der Waals surface area (Å²) in [6, 6.07) is 5.68. The second-order valence-electron chi connectivity index (χ2n) is 4.08. The highest BCUT2D eigenvalue weighted by Gasteiger charge is 2.13. The van der Waals surface area contributed by atoms with Gasteiger partial charge in [-0.15, -0.1) is 0 Å². The highest BCUT2D eigenvalue weighted by atomic mass is 16.5. The minimum absolute atomic E-state index is 0.169. The minimum Gasteiger partial charge on any atom is -0.504 e. The molecule has 4 nitrogen and oxygen atoms in total. The summed E-state index contributed by atoms with van der Waals surface area (Å²) < 4.78 is 10.2. The van der Waals surface area contributed by atoms with Gasteiger partial charge in [-0.05, 0) is 31.7 Å². The first kappa shape index (κ1) is 13.8. The van der Waals surface area contributed by atoms with Crippen molar-refractivity contribution in [2.75, 3.05) is 34.4 Å². The van der Waals surface area contributed by atoms with E-state index in [9.17, 15) is 5.11 Å². The molecule has 1 unspecified atom stereocenters. The van der Waals surface area contributed by atoms with E-state index in [2.05, 4.69) is 11.8 Å². The van der Waals surface area contributed by atoms with E-state index in [1.54, 1.807) is 20.3 Å². The summed E-state index contributed by atoms with van der Waals surface area (Å²) in [7, 11) is 5.29. The third kappa shape index (κ3) is 3.61. The summed E-state index contributed by atoms with van der Waals surface area (Å²) in [6.07, 6.45) is 0. The van der Waals surface area contributed by atoms with Gasteiger partial charge in [-0.1, -0.05) is 6.07 Å². The number of hydrogen-bond donors (Lipinski definition) is 1. The first-order valence-electron chi connectivity index (χ1n) is 5.66. The van der Waals surface area contributed by atoms with Crippen LogP contribution in [0.3, 0.4) is 0 Å². The van der Waals surface area contributed by atoms with Crippen molar-refractivity contribution >= 4 is 0 Å². The lowest BCUT2D eigenvalue weighted by Crippen LogP contribution is -2.26. The molecule has 17 heavy (non-hydrogen) atoms. The van der Waals surface area contributed by atoms with E-state index >= 15 is 0 Å². The fourth-order valence-corrected chi connectivity index (χ4v) is 1.64. The molecule has 0 bridgehead atoms. The van der Waals surface area contributed by atoms with E-state index in [1.165, 1.54) is 0 Å². The van der Waals surface area contributed by atoms with Crippen LogP contribution in [0.4, 0.5) is 0 Å². The third-order valence-electron chi connectivity index (χ3n) is 3.00. The smallest absolute Gasteiger partial charge is 0.160 e. The molecular weight excluding hydrogens is 218 g/mol. The predicted molar refractivity (Wildman–Crippen MR) is 67.6 cm³/mol. The summed E-state index contributed by atoms with van der Waals surface area (Å²) in [5.41, 5.74) is 1.11. The van der Waals surface area contributed by atoms with Gasteiger partial charge in [0.25, 0.3) is 0 Å². The number of methoxy groups -OCH3 is 2. The van der Waals surface area contributed by atoms with Crippen molar-refractivity contribution in [3.05, 3.63) is 23.8 Å². The zero-order valence-corrected chi connectivity index (χ0v) is 10.9. The minimum atomic E-state index is 0.169. The van der Waals surface area contributed by atoms with Crippen LogP contribution in [0.25, 0.3) is 0 Å². The highest BCUT2D eigenvalue weighted by molar-refractivity contribution is 5.42. The third-order valence-corrected chi connectivity index (χ3v) is 3.00. The van der Waals surface area contributed by atoms with Crippen LogP contribution in [-0.4, -0.2) is 44.4 Å². The summed E-state index contributed by atoms with van der Waals surface area (Å²) >= 11 is 0. The van der Waals surface area contributed by atoms with Crippen molar-refractivity contribution in [3.8, 4) is 11.5 Å². The molecule has 0 spiro atoms. The van der Waals surface area contributed by atoms with Crippen LogP contribution in [-0.2, 0) is 4.74 Å². The lowest BCUT2D eigenvalue weighted by molar-refractivity contribution is 0.143. The standard InChI is InChI=1S/C13H21NO3/c1-10(14(2)7-8-16-3)11-5-6-12(15)13(9-11)17-4/h5-6,9-10,15H,7-8H2,1-4H3. The number of hydrogen-bond acceptors (Lipinski definition) is 4. The number of likely N-dealkylation sites (N-methyl/N-ethyl adjacent to an activating group) is 1. The fraction of sp³-hybridized carbons (Fsp3) is 0.538. The van der Waals surface area contributed by atoms with E-state index in [0.29, 0.717) is 12.4 Å². The van der Waals surface area contributed by atoms with Gasteiger partial charge >= 0.3 is 0 Å². The maximum Gasteiger partial charge on any atom is 0.160 e. The van der Waals surface area contributed by atoms with E-state index in [0.717, 1.165) is 12.1 Å². The van der Waals surface area contributed by atoms with Crippen LogP contribution < -0.4 is 4.74 Å². The Morgan fingerprint density at radius 1 is 1.35 bits per heavy atom. The Kier molecular flexibility index (Phi) is 5.25. The number of benzene rings is 1. The van der Waals surface area contributed by atoms with Gasteiger partial charge in [0, 0.05) is 19.7 Å². The second-order valence-corrected chi connectivity index (χ2v) is 4.08. The number of nitrogens with zero attached hydrogens (tertiary/aromatic N) is 1. The van der Waals surface area contributed by atoms with E-state index < -0.39 is 0 Å². The molecule has 1 aromatic carbocycles. The Bertz CT molecular complexity index is 355. The van der Waals surface area contributed by atoms with Crippen molar-refractivity contribution in [1.82, 2.24) is 4.90 Å². The van der Waals surface area contributed by atoms with Gasteiger partial charge in [-0.2, -0.15) is 0 Å². The molecule has 1 N–H and O–H groups in total. The molecular formula is C13H21NO3. The Morgan fingerprint density at radius 3 is 2.65 bits per heavy atom. The number of aromatic hydroxyl groups is 1. The second kappa shape index (κ2) is 6.47. The Hall–Kier alpha value is -1.26. The van der Waals surface area contributed by atoms with Crippen LogP contribution in [0.15, 0.2) is 18.2 Å². The van der Waals surface area contributed by atoms with Crippen molar-refractivity contribution in [3.63, 3.8) is 0 Å². The topological polar surface area (TPSA) is 41.9 Å². The number of phenolic OH excluding ortho intramolecular Hbond substituents is 1. The quantitative estimate of drug-likeness (QED) is 0.825. The first-order chi connectivity index (χ1) is 8.10. The maximum atomic E-state index is 9.54. The molecule has 0 saturated carbocycles. The molecule has 96 valence electrons. The van der Waals surface area contributed by atoms with Crippen molar-refractivity contribution < 1.29 is 14.6 Å². The lowest BCUT2D eigenvalue weighted by Gasteiger charge is -2.25. The molecule has 0 aliphatic heterocycles. The fourth-order valence-electron chi connectivity index (χ4n) is 1.64. The zero-order chi connectivity index (χ0) is 12.8. The zero-order valence-electron chi connectivity index (χ0n) is 10.9. The molecule has 0 aliphatic carbocycles. The predicted octanol–water partition coefficient (Wildman–Crippen LogP) is 2.04. The largest absolute Gasteiger partial charge is 0.504 e. The molecule has 0 radical (unpaired) electrons. The first-order valence-corrected chi connectivity index (χ1v) is 5.66. The van der Waals surface area contributed by atoms with Gasteiger partial charge in [0.2, 0.25) is 0 Å². The molecule has 4 heteroatoms. The number of phenols is 1. The average molecular weight is 239 g/mol. The summed E-state index contributed by atoms with van der Waals surface area (Å²) in [4.78, 5) is 2.19. The molecule has 0 saturated heterocycles. The van der Waals surface area contributed by atoms with E-state index in [4.69, 9.17) is 9.47 Å². The van der Waals surface area contributed by atoms with Gasteiger partial charge in [0.05, 0.1) is 13.7 Å². The normalized spacial score (nSPS) is 12.8. The molecule has 1 aromatic rings. The number of rotatable bonds is 6. The van der Waals surface area contributed by atoms with Crippen LogP contribution >= 0.6 is 0 Å². The van der Waals surface area contributed by atoms with Crippen LogP contribution in [0.5, 0.6) is 11.5 Å². The van der Waals surface area contributed by atoms with E-state index in [1.807, 2.05) is 19.2 Å². The summed E-state index contributed by atoms with van der Waals surface area (Å²) in [5, 5.41) is 9.54. The molecule has 0 heterocycles. The molecule has 1 rings (SSSR count). The van der Waals surface area contributed by atoms with Gasteiger partial charge in [0.15, 0.2) is 11.5 Å². The van der Waals surface area contributed by atoms with Gasteiger partial charge < -0.3 is 14.6 Å². The highest BCUT2D eigenvalue weighted by Crippen LogP contribution is 2.30. The average Bonchev–Trinajstić information content (AvgIpc) is 2.35. The Morgan fingerprint density at radius 2 is 2.06 bits per heavy atom. The molecule has 0 amide bonds. The molecule has 0 fully saturated rings. The van der Waals surface area contributed by atoms with Crippen molar-refractivity contribution in [2.45, 2.75) is 13.0 Å².